The first kappa shape index (κ1) is 21.3. The zero-order valence-corrected chi connectivity index (χ0v) is 17.4. The lowest BCUT2D eigenvalue weighted by Gasteiger charge is -2.11. The summed E-state index contributed by atoms with van der Waals surface area (Å²) >= 11 is 6.57. The van der Waals surface area contributed by atoms with Gasteiger partial charge in [0.1, 0.15) is 4.21 Å². The molecule has 12 heteroatoms. The minimum Gasteiger partial charge on any atom is -0.281 e. The highest BCUT2D eigenvalue weighted by Gasteiger charge is 2.35. The molecule has 0 bridgehead atoms. The maximum absolute atomic E-state index is 13.6. The fourth-order valence-corrected chi connectivity index (χ4v) is 4.32. The molecule has 0 atom stereocenters. The molecule has 3 heterocycles. The van der Waals surface area contributed by atoms with Crippen molar-refractivity contribution in [3.05, 3.63) is 69.8 Å². The summed E-state index contributed by atoms with van der Waals surface area (Å²) in [6, 6.07) is 9.61. The number of hydrogen-bond donors (Lipinski definition) is 1. The van der Waals surface area contributed by atoms with Crippen LogP contribution in [0, 0.1) is 11.8 Å². The second-order valence-electron chi connectivity index (χ2n) is 6.17. The van der Waals surface area contributed by atoms with E-state index >= 15 is 0 Å². The summed E-state index contributed by atoms with van der Waals surface area (Å²) in [4.78, 5) is 4.58. The zero-order chi connectivity index (χ0) is 22.4. The number of rotatable bonds is 2. The quantitative estimate of drug-likeness (QED) is 0.328. The molecule has 31 heavy (non-hydrogen) atoms. The van der Waals surface area contributed by atoms with E-state index in [0.29, 0.717) is 15.1 Å². The van der Waals surface area contributed by atoms with E-state index in [1.54, 1.807) is 12.1 Å². The molecule has 0 aliphatic heterocycles. The van der Waals surface area contributed by atoms with Crippen molar-refractivity contribution in [2.45, 2.75) is 10.4 Å². The SMILES string of the molecule is O=S(=O)(O)c1ccc(C#Cc2cnn3c(C(F)(F)F)cc(-c4ccc(Cl)cc4)nc23)s1. The molecule has 0 aliphatic carbocycles. The molecule has 6 nitrogen and oxygen atoms in total. The largest absolute Gasteiger partial charge is 0.433 e. The lowest BCUT2D eigenvalue weighted by atomic mass is 10.1. The third kappa shape index (κ3) is 4.42. The van der Waals surface area contributed by atoms with E-state index < -0.39 is 22.0 Å². The third-order valence-corrected chi connectivity index (χ3v) is 6.63. The summed E-state index contributed by atoms with van der Waals surface area (Å²) in [6.07, 6.45) is -3.55. The van der Waals surface area contributed by atoms with Gasteiger partial charge in [0.05, 0.1) is 22.3 Å². The number of fused-ring (bicyclic) bond motifs is 1. The summed E-state index contributed by atoms with van der Waals surface area (Å²) in [6.45, 7) is 0. The smallest absolute Gasteiger partial charge is 0.281 e. The van der Waals surface area contributed by atoms with Crippen LogP contribution in [0.5, 0.6) is 0 Å². The minimum absolute atomic E-state index is 0.0600. The Labute approximate surface area is 182 Å². The molecule has 0 amide bonds. The standard InChI is InChI=1S/C19H9ClF3N3O3S2/c20-13-4-1-11(2-5-13)15-9-16(19(21,22)23)26-18(25-15)12(10-24-26)3-6-14-7-8-17(30-14)31(27,28)29/h1-2,4-5,7-10H,(H,27,28,29). The Morgan fingerprint density at radius 1 is 1.10 bits per heavy atom. The molecule has 1 N–H and O–H groups in total. The first-order valence-corrected chi connectivity index (χ1v) is 11.0. The van der Waals surface area contributed by atoms with Crippen molar-refractivity contribution >= 4 is 38.7 Å². The summed E-state index contributed by atoms with van der Waals surface area (Å²) < 4.78 is 72.6. The lowest BCUT2D eigenvalue weighted by Crippen LogP contribution is -2.13. The molecule has 0 fully saturated rings. The normalized spacial score (nSPS) is 12.0. The van der Waals surface area contributed by atoms with Gasteiger partial charge >= 0.3 is 16.3 Å². The summed E-state index contributed by atoms with van der Waals surface area (Å²) in [7, 11) is -4.36. The van der Waals surface area contributed by atoms with Crippen LogP contribution < -0.4 is 0 Å². The Balaban J connectivity index is 1.85. The van der Waals surface area contributed by atoms with Gasteiger partial charge in [-0.15, -0.1) is 11.3 Å². The van der Waals surface area contributed by atoms with E-state index in [1.807, 2.05) is 0 Å². The average molecular weight is 484 g/mol. The van der Waals surface area contributed by atoms with E-state index in [-0.39, 0.29) is 26.0 Å². The van der Waals surface area contributed by atoms with Crippen LogP contribution in [0.15, 0.2) is 52.9 Å². The van der Waals surface area contributed by atoms with Crippen molar-refractivity contribution in [3.8, 4) is 23.1 Å². The Hall–Kier alpha value is -2.91. The van der Waals surface area contributed by atoms with Crippen molar-refractivity contribution in [2.75, 3.05) is 0 Å². The van der Waals surface area contributed by atoms with Crippen molar-refractivity contribution in [1.29, 1.82) is 0 Å². The van der Waals surface area contributed by atoms with Gasteiger partial charge in [0.25, 0.3) is 0 Å². The molecule has 0 unspecified atom stereocenters. The van der Waals surface area contributed by atoms with Crippen LogP contribution in [0.2, 0.25) is 5.02 Å². The van der Waals surface area contributed by atoms with Gasteiger partial charge in [0.15, 0.2) is 11.3 Å². The number of hydrogen-bond acceptors (Lipinski definition) is 5. The van der Waals surface area contributed by atoms with Gasteiger partial charge < -0.3 is 0 Å². The Kier molecular flexibility index (Phi) is 5.26. The van der Waals surface area contributed by atoms with Gasteiger partial charge in [-0.3, -0.25) is 4.55 Å². The molecule has 0 saturated carbocycles. The number of thiophene rings is 1. The van der Waals surface area contributed by atoms with Crippen LogP contribution in [-0.2, 0) is 16.3 Å². The minimum atomic E-state index is -4.70. The van der Waals surface area contributed by atoms with E-state index in [9.17, 15) is 21.6 Å². The monoisotopic (exact) mass is 483 g/mol. The maximum Gasteiger partial charge on any atom is 0.433 e. The highest BCUT2D eigenvalue weighted by molar-refractivity contribution is 7.88. The average Bonchev–Trinajstić information content (AvgIpc) is 3.32. The fraction of sp³-hybridized carbons (Fsp3) is 0.0526. The molecule has 0 radical (unpaired) electrons. The number of benzene rings is 1. The Bertz CT molecular complexity index is 1460. The summed E-state index contributed by atoms with van der Waals surface area (Å²) in [5.74, 6) is 5.32. The molecule has 4 aromatic rings. The van der Waals surface area contributed by atoms with Crippen LogP contribution in [0.1, 0.15) is 16.1 Å². The van der Waals surface area contributed by atoms with Crippen LogP contribution in [0.25, 0.3) is 16.9 Å². The summed E-state index contributed by atoms with van der Waals surface area (Å²) in [5, 5.41) is 4.20. The molecule has 158 valence electrons. The first-order chi connectivity index (χ1) is 14.5. The topological polar surface area (TPSA) is 84.6 Å². The molecule has 3 aromatic heterocycles. The highest BCUT2D eigenvalue weighted by Crippen LogP contribution is 2.33. The highest BCUT2D eigenvalue weighted by atomic mass is 35.5. The van der Waals surface area contributed by atoms with Gasteiger partial charge in [-0.05, 0) is 30.3 Å². The second-order valence-corrected chi connectivity index (χ2v) is 9.34. The first-order valence-electron chi connectivity index (χ1n) is 8.33. The molecular weight excluding hydrogens is 475 g/mol. The van der Waals surface area contributed by atoms with Gasteiger partial charge in [-0.25, -0.2) is 9.50 Å². The van der Waals surface area contributed by atoms with Gasteiger partial charge in [0, 0.05) is 10.6 Å². The van der Waals surface area contributed by atoms with Crippen molar-refractivity contribution in [3.63, 3.8) is 0 Å². The van der Waals surface area contributed by atoms with Crippen LogP contribution >= 0.6 is 22.9 Å². The van der Waals surface area contributed by atoms with Crippen molar-refractivity contribution < 1.29 is 26.1 Å². The number of alkyl halides is 3. The Morgan fingerprint density at radius 2 is 1.81 bits per heavy atom. The predicted octanol–water partition coefficient (Wildman–Crippen LogP) is 4.78. The third-order valence-electron chi connectivity index (χ3n) is 4.06. The molecular formula is C19H9ClF3N3O3S2. The molecule has 0 saturated heterocycles. The molecule has 0 aliphatic rings. The fourth-order valence-electron chi connectivity index (χ4n) is 2.68. The molecule has 4 rings (SSSR count). The maximum atomic E-state index is 13.6. The predicted molar refractivity (Wildman–Crippen MR) is 109 cm³/mol. The van der Waals surface area contributed by atoms with Gasteiger partial charge in [0.2, 0.25) is 0 Å². The van der Waals surface area contributed by atoms with E-state index in [0.717, 1.165) is 23.6 Å². The van der Waals surface area contributed by atoms with Crippen LogP contribution in [0.3, 0.4) is 0 Å². The van der Waals surface area contributed by atoms with Gasteiger partial charge in [-0.1, -0.05) is 35.6 Å². The van der Waals surface area contributed by atoms with E-state index in [1.165, 1.54) is 24.3 Å². The van der Waals surface area contributed by atoms with Gasteiger partial charge in [-0.2, -0.15) is 26.7 Å². The molecule has 0 spiro atoms. The molecule has 1 aromatic carbocycles. The van der Waals surface area contributed by atoms with Crippen LogP contribution in [-0.4, -0.2) is 27.6 Å². The number of halogens is 4. The lowest BCUT2D eigenvalue weighted by molar-refractivity contribution is -0.142. The van der Waals surface area contributed by atoms with E-state index in [2.05, 4.69) is 21.9 Å². The van der Waals surface area contributed by atoms with E-state index in [4.69, 9.17) is 16.2 Å². The van der Waals surface area contributed by atoms with Crippen LogP contribution in [0.4, 0.5) is 13.2 Å². The Morgan fingerprint density at radius 3 is 2.42 bits per heavy atom. The summed E-state index contributed by atoms with van der Waals surface area (Å²) in [5.41, 5.74) is -0.541. The number of nitrogens with zero attached hydrogens (tertiary/aromatic N) is 3. The second kappa shape index (κ2) is 7.65. The van der Waals surface area contributed by atoms with Crippen molar-refractivity contribution in [2.24, 2.45) is 0 Å². The number of aromatic nitrogens is 3. The zero-order valence-electron chi connectivity index (χ0n) is 15.1. The van der Waals surface area contributed by atoms with Crippen molar-refractivity contribution in [1.82, 2.24) is 14.6 Å².